The van der Waals surface area contributed by atoms with Gasteiger partial charge in [-0.15, -0.1) is 0 Å². The maximum atomic E-state index is 13.3. The fourth-order valence-electron chi connectivity index (χ4n) is 4.82. The van der Waals surface area contributed by atoms with Crippen molar-refractivity contribution < 1.29 is 19.4 Å². The van der Waals surface area contributed by atoms with Gasteiger partial charge in [0.15, 0.2) is 11.6 Å². The van der Waals surface area contributed by atoms with Crippen molar-refractivity contribution in [3.05, 3.63) is 112 Å². The number of benzene rings is 3. The minimum absolute atomic E-state index is 0.0407. The second-order valence-electron chi connectivity index (χ2n) is 9.93. The van der Waals surface area contributed by atoms with Crippen LogP contribution in [0, 0.1) is 0 Å². The molecule has 12 nitrogen and oxygen atoms in total. The highest BCUT2D eigenvalue weighted by atomic mass is 35.5. The van der Waals surface area contributed by atoms with Gasteiger partial charge in [-0.25, -0.2) is 14.5 Å². The zero-order chi connectivity index (χ0) is 31.5. The van der Waals surface area contributed by atoms with E-state index in [9.17, 15) is 9.59 Å². The van der Waals surface area contributed by atoms with Crippen LogP contribution in [0.3, 0.4) is 0 Å². The Kier molecular flexibility index (Phi) is 8.23. The number of nitrogens with zero attached hydrogens (tertiary/aromatic N) is 4. The van der Waals surface area contributed by atoms with Crippen LogP contribution in [0.2, 0.25) is 10.2 Å². The van der Waals surface area contributed by atoms with Gasteiger partial charge in [0.05, 0.1) is 29.6 Å². The molecule has 0 aliphatic rings. The van der Waals surface area contributed by atoms with Crippen LogP contribution < -0.4 is 15.8 Å². The predicted octanol–water partition coefficient (Wildman–Crippen LogP) is 6.20. The Hall–Kier alpha value is -5.59. The predicted molar refractivity (Wildman–Crippen MR) is 170 cm³/mol. The molecule has 6 N–H and O–H groups in total. The van der Waals surface area contributed by atoms with Crippen molar-refractivity contribution in [3.63, 3.8) is 0 Å². The van der Waals surface area contributed by atoms with Crippen molar-refractivity contribution in [1.29, 1.82) is 0 Å². The Morgan fingerprint density at radius 2 is 1.93 bits per heavy atom. The van der Waals surface area contributed by atoms with Gasteiger partial charge in [0.25, 0.3) is 0 Å². The van der Waals surface area contributed by atoms with E-state index >= 15 is 0 Å². The summed E-state index contributed by atoms with van der Waals surface area (Å²) in [6.45, 7) is 0. The first kappa shape index (κ1) is 29.5. The summed E-state index contributed by atoms with van der Waals surface area (Å²) < 4.78 is 6.09. The third-order valence-corrected chi connectivity index (χ3v) is 7.40. The molecule has 0 aliphatic heterocycles. The number of H-pyrrole nitrogens is 2. The quantitative estimate of drug-likeness (QED) is 0.0914. The van der Waals surface area contributed by atoms with Crippen molar-refractivity contribution in [2.45, 2.75) is 12.5 Å². The van der Waals surface area contributed by atoms with E-state index in [2.05, 4.69) is 30.3 Å². The monoisotopic (exact) mass is 642 g/mol. The molecule has 0 saturated carbocycles. The molecule has 6 aromatic rings. The van der Waals surface area contributed by atoms with Crippen LogP contribution in [0.25, 0.3) is 33.9 Å². The SMILES string of the molecule is Nc1n[nH]c2cc(-c3nc([C@H](Cc4ccccc4)NC(=O)/C=C/c4cc(Cl)ccc4-n4cc(OC(=O)O)cn4)[nH]c3Cl)ccc12. The number of halogens is 2. The minimum Gasteiger partial charge on any atom is -0.449 e. The molecule has 0 radical (unpaired) electrons. The van der Waals surface area contributed by atoms with Gasteiger partial charge < -0.3 is 25.9 Å². The fraction of sp³-hybridized carbons (Fsp3) is 0.0645. The molecular formula is C31H24Cl2N8O4. The van der Waals surface area contributed by atoms with Crippen LogP contribution in [-0.4, -0.2) is 47.1 Å². The number of imidazole rings is 1. The van der Waals surface area contributed by atoms with Crippen LogP contribution in [0.15, 0.2) is 85.2 Å². The lowest BCUT2D eigenvalue weighted by molar-refractivity contribution is -0.117. The number of nitrogens with one attached hydrogen (secondary N) is 3. The summed E-state index contributed by atoms with van der Waals surface area (Å²) in [5.41, 5.74) is 9.99. The highest BCUT2D eigenvalue weighted by Crippen LogP contribution is 2.31. The number of hydrogen-bond acceptors (Lipinski definition) is 7. The summed E-state index contributed by atoms with van der Waals surface area (Å²) in [6.07, 6.45) is 4.60. The van der Waals surface area contributed by atoms with E-state index in [1.165, 1.54) is 23.2 Å². The number of nitrogens with two attached hydrogens (primary N) is 1. The summed E-state index contributed by atoms with van der Waals surface area (Å²) >= 11 is 12.9. The van der Waals surface area contributed by atoms with Gasteiger partial charge in [0, 0.05) is 27.6 Å². The number of amides is 1. The number of aromatic nitrogens is 6. The van der Waals surface area contributed by atoms with Crippen LogP contribution in [-0.2, 0) is 11.2 Å². The van der Waals surface area contributed by atoms with Gasteiger partial charge in [0.1, 0.15) is 16.7 Å². The molecule has 0 saturated heterocycles. The largest absolute Gasteiger partial charge is 0.511 e. The van der Waals surface area contributed by atoms with Crippen LogP contribution in [0.4, 0.5) is 10.6 Å². The third-order valence-electron chi connectivity index (χ3n) is 6.89. The van der Waals surface area contributed by atoms with Gasteiger partial charge in [0.2, 0.25) is 5.91 Å². The topological polar surface area (TPSA) is 177 Å². The van der Waals surface area contributed by atoms with E-state index in [4.69, 9.17) is 39.0 Å². The molecule has 226 valence electrons. The number of carbonyl (C=O) groups is 2. The maximum absolute atomic E-state index is 13.3. The zero-order valence-corrected chi connectivity index (χ0v) is 24.8. The van der Waals surface area contributed by atoms with E-state index in [1.54, 1.807) is 24.3 Å². The summed E-state index contributed by atoms with van der Waals surface area (Å²) in [4.78, 5) is 32.1. The van der Waals surface area contributed by atoms with Crippen molar-refractivity contribution in [1.82, 2.24) is 35.3 Å². The van der Waals surface area contributed by atoms with E-state index in [0.717, 1.165) is 22.0 Å². The molecule has 45 heavy (non-hydrogen) atoms. The second-order valence-corrected chi connectivity index (χ2v) is 10.7. The molecule has 1 amide bonds. The molecule has 6 rings (SSSR count). The van der Waals surface area contributed by atoms with E-state index in [1.807, 2.05) is 48.5 Å². The Morgan fingerprint density at radius 1 is 1.11 bits per heavy atom. The summed E-state index contributed by atoms with van der Waals surface area (Å²) in [5, 5.41) is 24.5. The molecule has 3 heterocycles. The lowest BCUT2D eigenvalue weighted by Gasteiger charge is -2.16. The maximum Gasteiger partial charge on any atom is 0.511 e. The summed E-state index contributed by atoms with van der Waals surface area (Å²) in [5.74, 6) is 0.505. The fourth-order valence-corrected chi connectivity index (χ4v) is 5.25. The molecule has 0 spiro atoms. The smallest absolute Gasteiger partial charge is 0.449 e. The Balaban J connectivity index is 1.27. The number of rotatable bonds is 9. The summed E-state index contributed by atoms with van der Waals surface area (Å²) in [6, 6.07) is 19.7. The van der Waals surface area contributed by atoms with Crippen LogP contribution in [0.5, 0.6) is 5.75 Å². The highest BCUT2D eigenvalue weighted by molar-refractivity contribution is 6.32. The number of ether oxygens (including phenoxy) is 1. The number of aromatic amines is 2. The van der Waals surface area contributed by atoms with Gasteiger partial charge in [-0.1, -0.05) is 59.6 Å². The average molecular weight is 643 g/mol. The van der Waals surface area contributed by atoms with Gasteiger partial charge in [-0.05, 0) is 48.4 Å². The van der Waals surface area contributed by atoms with Gasteiger partial charge in [-0.2, -0.15) is 10.2 Å². The second kappa shape index (κ2) is 12.6. The minimum atomic E-state index is -1.46. The molecule has 1 atom stereocenters. The molecule has 3 aromatic carbocycles. The van der Waals surface area contributed by atoms with Crippen molar-refractivity contribution in [3.8, 4) is 22.7 Å². The van der Waals surface area contributed by atoms with E-state index in [0.29, 0.717) is 45.2 Å². The van der Waals surface area contributed by atoms with Gasteiger partial charge >= 0.3 is 6.16 Å². The normalized spacial score (nSPS) is 12.0. The number of anilines is 1. The van der Waals surface area contributed by atoms with Crippen molar-refractivity contribution >= 4 is 58.1 Å². The molecular weight excluding hydrogens is 619 g/mol. The average Bonchev–Trinajstić information content (AvgIpc) is 3.74. The first-order valence-corrected chi connectivity index (χ1v) is 14.3. The molecule has 0 unspecified atom stereocenters. The van der Waals surface area contributed by atoms with Crippen LogP contribution in [0.1, 0.15) is 23.0 Å². The highest BCUT2D eigenvalue weighted by Gasteiger charge is 2.21. The number of nitrogen functional groups attached to an aromatic ring is 1. The zero-order valence-electron chi connectivity index (χ0n) is 23.2. The summed E-state index contributed by atoms with van der Waals surface area (Å²) in [7, 11) is 0. The molecule has 0 aliphatic carbocycles. The van der Waals surface area contributed by atoms with Gasteiger partial charge in [-0.3, -0.25) is 9.89 Å². The van der Waals surface area contributed by atoms with Crippen molar-refractivity contribution in [2.24, 2.45) is 0 Å². The number of fused-ring (bicyclic) bond motifs is 1. The number of hydrogen-bond donors (Lipinski definition) is 5. The first-order valence-electron chi connectivity index (χ1n) is 13.5. The standard InChI is InChI=1S/C31H24Cl2N8O4/c32-20-8-10-25(41-16-21(15-35-41)45-31(43)44)18(13-20)7-11-26(42)36-24(12-17-4-2-1-3-5-17)30-37-27(28(33)38-30)19-6-9-22-23(14-19)39-40-29(22)34/h1-11,13-16,24H,12H2,(H,36,42)(H,37,38)(H,43,44)(H3,34,39,40)/b11-7+/t24-/m0/s1. The molecule has 0 fully saturated rings. The molecule has 3 aromatic heterocycles. The lowest BCUT2D eigenvalue weighted by Crippen LogP contribution is -2.29. The Labute approximate surface area is 265 Å². The number of carboxylic acid groups (broad SMARTS) is 1. The molecule has 0 bridgehead atoms. The Bertz CT molecular complexity index is 2050. The lowest BCUT2D eigenvalue weighted by atomic mass is 10.1. The van der Waals surface area contributed by atoms with E-state index < -0.39 is 18.1 Å². The van der Waals surface area contributed by atoms with E-state index in [-0.39, 0.29) is 5.75 Å². The van der Waals surface area contributed by atoms with Crippen molar-refractivity contribution in [2.75, 3.05) is 5.73 Å². The number of carbonyl (C=O) groups excluding carboxylic acids is 1. The third kappa shape index (κ3) is 6.66. The Morgan fingerprint density at radius 3 is 2.73 bits per heavy atom. The van der Waals surface area contributed by atoms with Crippen LogP contribution >= 0.6 is 23.2 Å². The molecule has 14 heteroatoms. The first-order chi connectivity index (χ1) is 21.7.